The van der Waals surface area contributed by atoms with Gasteiger partial charge in [-0.05, 0) is 38.2 Å². The number of ether oxygens (including phenoxy) is 1. The van der Waals surface area contributed by atoms with Gasteiger partial charge in [-0.1, -0.05) is 13.8 Å². The third-order valence-corrected chi connectivity index (χ3v) is 6.36. The molecule has 0 radical (unpaired) electrons. The third-order valence-electron chi connectivity index (χ3n) is 6.36. The molecule has 1 amide bonds. The number of carbonyl (C=O) groups is 1. The van der Waals surface area contributed by atoms with Crippen LogP contribution >= 0.6 is 0 Å². The van der Waals surface area contributed by atoms with Gasteiger partial charge in [-0.3, -0.25) is 14.2 Å². The topological polar surface area (TPSA) is 90.5 Å². The van der Waals surface area contributed by atoms with E-state index in [0.29, 0.717) is 24.3 Å². The number of hydrogen-bond acceptors (Lipinski definition) is 6. The SMILES string of the molecule is CC(C)c1nc2oc3c(=O)n(CC(=O)N4CCCC4)cnc3c2c2c1COC(C)(C)C2. The van der Waals surface area contributed by atoms with Crippen molar-refractivity contribution in [1.29, 1.82) is 0 Å². The number of hydrogen-bond donors (Lipinski definition) is 0. The fourth-order valence-electron chi connectivity index (χ4n) is 4.73. The molecule has 0 aliphatic carbocycles. The van der Waals surface area contributed by atoms with Crippen molar-refractivity contribution in [1.82, 2.24) is 19.4 Å². The highest BCUT2D eigenvalue weighted by molar-refractivity contribution is 6.03. The van der Waals surface area contributed by atoms with Crippen LogP contribution in [0.3, 0.4) is 0 Å². The second kappa shape index (κ2) is 7.15. The van der Waals surface area contributed by atoms with Gasteiger partial charge in [0.15, 0.2) is 0 Å². The molecule has 0 spiro atoms. The highest BCUT2D eigenvalue weighted by atomic mass is 16.5. The predicted octanol–water partition coefficient (Wildman–Crippen LogP) is 3.13. The Hall–Kier alpha value is -2.74. The van der Waals surface area contributed by atoms with Gasteiger partial charge in [0.2, 0.25) is 17.2 Å². The molecule has 8 heteroatoms. The molecule has 31 heavy (non-hydrogen) atoms. The van der Waals surface area contributed by atoms with Gasteiger partial charge in [0.05, 0.1) is 29.6 Å². The minimum atomic E-state index is -0.346. The van der Waals surface area contributed by atoms with Crippen molar-refractivity contribution in [2.45, 2.75) is 71.6 Å². The minimum absolute atomic E-state index is 0.0253. The number of aromatic nitrogens is 3. The Morgan fingerprint density at radius 1 is 1.23 bits per heavy atom. The van der Waals surface area contributed by atoms with Gasteiger partial charge in [0.25, 0.3) is 5.56 Å². The van der Waals surface area contributed by atoms with Gasteiger partial charge in [0.1, 0.15) is 12.1 Å². The Labute approximate surface area is 180 Å². The largest absolute Gasteiger partial charge is 0.430 e. The maximum atomic E-state index is 13.2. The molecule has 0 aromatic carbocycles. The molecule has 2 aliphatic heterocycles. The van der Waals surface area contributed by atoms with E-state index in [2.05, 4.69) is 32.7 Å². The Morgan fingerprint density at radius 2 is 1.97 bits per heavy atom. The van der Waals surface area contributed by atoms with E-state index < -0.39 is 0 Å². The normalized spacial score (nSPS) is 18.3. The van der Waals surface area contributed by atoms with Crippen LogP contribution in [0.2, 0.25) is 0 Å². The van der Waals surface area contributed by atoms with Crippen molar-refractivity contribution in [3.05, 3.63) is 33.5 Å². The number of likely N-dealkylation sites (tertiary alicyclic amines) is 1. The van der Waals surface area contributed by atoms with Crippen LogP contribution in [-0.2, 0) is 29.1 Å². The van der Waals surface area contributed by atoms with Crippen molar-refractivity contribution in [2.24, 2.45) is 0 Å². The van der Waals surface area contributed by atoms with Crippen molar-refractivity contribution >= 4 is 28.1 Å². The molecule has 164 valence electrons. The summed E-state index contributed by atoms with van der Waals surface area (Å²) in [6.07, 6.45) is 4.17. The van der Waals surface area contributed by atoms with E-state index in [1.807, 2.05) is 0 Å². The first-order valence-corrected chi connectivity index (χ1v) is 11.0. The third kappa shape index (κ3) is 3.33. The lowest BCUT2D eigenvalue weighted by Gasteiger charge is -2.33. The van der Waals surface area contributed by atoms with Gasteiger partial charge in [0, 0.05) is 25.1 Å². The van der Waals surface area contributed by atoms with E-state index in [-0.39, 0.29) is 35.1 Å². The molecule has 8 nitrogen and oxygen atoms in total. The van der Waals surface area contributed by atoms with Crippen LogP contribution < -0.4 is 5.56 Å². The second-order valence-electron chi connectivity index (χ2n) is 9.56. The minimum Gasteiger partial charge on any atom is -0.430 e. The Kier molecular flexibility index (Phi) is 4.66. The zero-order valence-corrected chi connectivity index (χ0v) is 18.5. The van der Waals surface area contributed by atoms with Crippen LogP contribution in [0, 0.1) is 0 Å². The first-order chi connectivity index (χ1) is 14.7. The number of pyridine rings is 1. The van der Waals surface area contributed by atoms with E-state index in [4.69, 9.17) is 14.1 Å². The number of fused-ring (bicyclic) bond motifs is 5. The Balaban J connectivity index is 1.67. The first kappa shape index (κ1) is 20.2. The molecule has 5 heterocycles. The molecule has 0 unspecified atom stereocenters. The summed E-state index contributed by atoms with van der Waals surface area (Å²) in [5.74, 6) is 0.132. The van der Waals surface area contributed by atoms with Gasteiger partial charge in [-0.2, -0.15) is 0 Å². The van der Waals surface area contributed by atoms with E-state index in [0.717, 1.165) is 48.1 Å². The monoisotopic (exact) mass is 424 g/mol. The highest BCUT2D eigenvalue weighted by Crippen LogP contribution is 2.39. The quantitative estimate of drug-likeness (QED) is 0.642. The number of furan rings is 1. The molecule has 2 aliphatic rings. The van der Waals surface area contributed by atoms with Crippen molar-refractivity contribution in [2.75, 3.05) is 13.1 Å². The lowest BCUT2D eigenvalue weighted by atomic mass is 9.87. The summed E-state index contributed by atoms with van der Waals surface area (Å²) in [7, 11) is 0. The highest BCUT2D eigenvalue weighted by Gasteiger charge is 2.33. The molecular weight excluding hydrogens is 396 g/mol. The first-order valence-electron chi connectivity index (χ1n) is 11.0. The molecular formula is C23H28N4O4. The number of amides is 1. The van der Waals surface area contributed by atoms with E-state index in [1.54, 1.807) is 4.90 Å². The predicted molar refractivity (Wildman–Crippen MR) is 116 cm³/mol. The number of nitrogens with zero attached hydrogens (tertiary/aromatic N) is 4. The fraction of sp³-hybridized carbons (Fsp3) is 0.565. The zero-order valence-electron chi connectivity index (χ0n) is 18.5. The summed E-state index contributed by atoms with van der Waals surface area (Å²) < 4.78 is 13.4. The molecule has 1 saturated heterocycles. The lowest BCUT2D eigenvalue weighted by Crippen LogP contribution is -2.34. The molecule has 3 aromatic heterocycles. The van der Waals surface area contributed by atoms with Gasteiger partial charge < -0.3 is 14.1 Å². The van der Waals surface area contributed by atoms with Crippen LogP contribution in [0.4, 0.5) is 0 Å². The van der Waals surface area contributed by atoms with Crippen LogP contribution in [-0.4, -0.2) is 44.0 Å². The number of rotatable bonds is 3. The van der Waals surface area contributed by atoms with Crippen molar-refractivity contribution in [3.63, 3.8) is 0 Å². The maximum Gasteiger partial charge on any atom is 0.297 e. The molecule has 1 fully saturated rings. The van der Waals surface area contributed by atoms with Crippen LogP contribution in [0.25, 0.3) is 22.2 Å². The molecule has 0 saturated carbocycles. The van der Waals surface area contributed by atoms with Crippen LogP contribution in [0.15, 0.2) is 15.5 Å². The van der Waals surface area contributed by atoms with E-state index in [9.17, 15) is 9.59 Å². The average molecular weight is 425 g/mol. The summed E-state index contributed by atoms with van der Waals surface area (Å²) >= 11 is 0. The van der Waals surface area contributed by atoms with Crippen LogP contribution in [0.5, 0.6) is 0 Å². The maximum absolute atomic E-state index is 13.2. The van der Waals surface area contributed by atoms with E-state index in [1.165, 1.54) is 10.9 Å². The molecule has 5 rings (SSSR count). The number of carbonyl (C=O) groups excluding carboxylic acids is 1. The summed E-state index contributed by atoms with van der Waals surface area (Å²) in [6, 6.07) is 0. The van der Waals surface area contributed by atoms with Gasteiger partial charge >= 0.3 is 0 Å². The smallest absolute Gasteiger partial charge is 0.297 e. The summed E-state index contributed by atoms with van der Waals surface area (Å²) in [4.78, 5) is 36.8. The van der Waals surface area contributed by atoms with Crippen molar-refractivity contribution < 1.29 is 13.9 Å². The Bertz CT molecular complexity index is 1250. The molecule has 0 bridgehead atoms. The van der Waals surface area contributed by atoms with Crippen molar-refractivity contribution in [3.8, 4) is 0 Å². The fourth-order valence-corrected chi connectivity index (χ4v) is 4.73. The van der Waals surface area contributed by atoms with Crippen LogP contribution in [0.1, 0.15) is 63.3 Å². The second-order valence-corrected chi connectivity index (χ2v) is 9.56. The standard InChI is InChI=1S/C23H28N4O4/c1-13(2)18-15-11-30-23(3,4)9-14(15)17-19-20(31-21(17)25-18)22(29)27(12-24-19)10-16(28)26-7-5-6-8-26/h12-13H,5-11H2,1-4H3. The molecule has 0 N–H and O–H groups in total. The van der Waals surface area contributed by atoms with E-state index >= 15 is 0 Å². The summed E-state index contributed by atoms with van der Waals surface area (Å²) in [6.45, 7) is 10.3. The van der Waals surface area contributed by atoms with Gasteiger partial charge in [-0.15, -0.1) is 0 Å². The Morgan fingerprint density at radius 3 is 2.68 bits per heavy atom. The average Bonchev–Trinajstić information content (AvgIpc) is 3.37. The van der Waals surface area contributed by atoms with Gasteiger partial charge in [-0.25, -0.2) is 9.97 Å². The lowest BCUT2D eigenvalue weighted by molar-refractivity contribution is -0.130. The molecule has 3 aromatic rings. The summed E-state index contributed by atoms with van der Waals surface area (Å²) in [5.41, 5.74) is 3.54. The molecule has 0 atom stereocenters. The zero-order chi connectivity index (χ0) is 21.9. The summed E-state index contributed by atoms with van der Waals surface area (Å²) in [5, 5.41) is 0.792.